The van der Waals surface area contributed by atoms with E-state index in [1.165, 1.54) is 30.3 Å². The number of phenolic OH excluding ortho intramolecular Hbond substituents is 3. The molecule has 9 N–H and O–H groups in total. The summed E-state index contributed by atoms with van der Waals surface area (Å²) in [5.41, 5.74) is 12.0. The number of carboxylic acid groups (broad SMARTS) is 2. The molecule has 2 aromatic carbocycles. The van der Waals surface area contributed by atoms with E-state index in [4.69, 9.17) is 37.0 Å². The van der Waals surface area contributed by atoms with Gasteiger partial charge in [-0.3, -0.25) is 9.59 Å². The Kier molecular flexibility index (Phi) is 8.05. The smallest absolute Gasteiger partial charge is 0.320 e. The van der Waals surface area contributed by atoms with Crippen molar-refractivity contribution in [3.05, 3.63) is 53.6 Å². The van der Waals surface area contributed by atoms with Crippen molar-refractivity contribution in [2.45, 2.75) is 24.9 Å². The van der Waals surface area contributed by atoms with Crippen LogP contribution < -0.4 is 11.5 Å². The molecule has 0 unspecified atom stereocenters. The zero-order valence-corrected chi connectivity index (χ0v) is 14.3. The maximum absolute atomic E-state index is 10.4. The van der Waals surface area contributed by atoms with Gasteiger partial charge in [0.05, 0.1) is 0 Å². The molecule has 0 saturated heterocycles. The molecule has 0 aliphatic rings. The first-order valence-electron chi connectivity index (χ1n) is 7.85. The number of aromatic hydroxyl groups is 3. The van der Waals surface area contributed by atoms with E-state index < -0.39 is 24.0 Å². The van der Waals surface area contributed by atoms with E-state index in [2.05, 4.69) is 0 Å². The van der Waals surface area contributed by atoms with E-state index in [9.17, 15) is 9.59 Å². The molecule has 146 valence electrons. The first-order chi connectivity index (χ1) is 12.6. The topological polar surface area (TPSA) is 187 Å². The molecule has 0 spiro atoms. The van der Waals surface area contributed by atoms with Gasteiger partial charge in [0, 0.05) is 0 Å². The fourth-order valence-corrected chi connectivity index (χ4v) is 2.01. The van der Waals surface area contributed by atoms with Gasteiger partial charge in [-0.05, 0) is 48.2 Å². The lowest BCUT2D eigenvalue weighted by Gasteiger charge is -2.06. The van der Waals surface area contributed by atoms with Gasteiger partial charge >= 0.3 is 11.9 Å². The van der Waals surface area contributed by atoms with Crippen LogP contribution in [0.25, 0.3) is 0 Å². The number of benzene rings is 2. The van der Waals surface area contributed by atoms with Gasteiger partial charge in [0.2, 0.25) is 0 Å². The Morgan fingerprint density at radius 2 is 1.19 bits per heavy atom. The number of hydrogen-bond acceptors (Lipinski definition) is 7. The minimum Gasteiger partial charge on any atom is -0.508 e. The van der Waals surface area contributed by atoms with E-state index in [1.54, 1.807) is 12.1 Å². The molecular formula is C18H22N2O7. The van der Waals surface area contributed by atoms with Gasteiger partial charge in [0.1, 0.15) is 17.8 Å². The Balaban J connectivity index is 0.000000271. The van der Waals surface area contributed by atoms with Crippen LogP contribution in [0.3, 0.4) is 0 Å². The van der Waals surface area contributed by atoms with Gasteiger partial charge in [-0.2, -0.15) is 0 Å². The average molecular weight is 378 g/mol. The molecule has 0 bridgehead atoms. The zero-order valence-electron chi connectivity index (χ0n) is 14.3. The van der Waals surface area contributed by atoms with Gasteiger partial charge in [0.25, 0.3) is 0 Å². The molecule has 0 saturated carbocycles. The fourth-order valence-electron chi connectivity index (χ4n) is 2.01. The first-order valence-corrected chi connectivity index (χ1v) is 7.85. The molecule has 9 heteroatoms. The summed E-state index contributed by atoms with van der Waals surface area (Å²) in [6.07, 6.45) is 0.388. The zero-order chi connectivity index (χ0) is 20.6. The lowest BCUT2D eigenvalue weighted by molar-refractivity contribution is -0.139. The lowest BCUT2D eigenvalue weighted by atomic mass is 10.1. The molecule has 0 fully saturated rings. The first kappa shape index (κ1) is 21.7. The summed E-state index contributed by atoms with van der Waals surface area (Å²) in [7, 11) is 0. The summed E-state index contributed by atoms with van der Waals surface area (Å²) in [4.78, 5) is 20.8. The second kappa shape index (κ2) is 10.00. The van der Waals surface area contributed by atoms with E-state index in [0.717, 1.165) is 5.56 Å². The monoisotopic (exact) mass is 378 g/mol. The van der Waals surface area contributed by atoms with Gasteiger partial charge in [-0.25, -0.2) is 0 Å². The second-order valence-electron chi connectivity index (χ2n) is 5.79. The Morgan fingerprint density at radius 1 is 0.741 bits per heavy atom. The number of phenols is 3. The van der Waals surface area contributed by atoms with Crippen molar-refractivity contribution in [1.82, 2.24) is 0 Å². The molecule has 2 rings (SSSR count). The number of hydrogen-bond donors (Lipinski definition) is 7. The van der Waals surface area contributed by atoms with Crippen LogP contribution in [-0.2, 0) is 22.4 Å². The molecule has 0 aromatic heterocycles. The number of aliphatic carboxylic acids is 2. The van der Waals surface area contributed by atoms with Crippen molar-refractivity contribution in [3.8, 4) is 17.2 Å². The largest absolute Gasteiger partial charge is 0.508 e. The molecule has 27 heavy (non-hydrogen) atoms. The lowest BCUT2D eigenvalue weighted by Crippen LogP contribution is -2.32. The van der Waals surface area contributed by atoms with Crippen molar-refractivity contribution < 1.29 is 35.1 Å². The Morgan fingerprint density at radius 3 is 1.63 bits per heavy atom. The highest BCUT2D eigenvalue weighted by Crippen LogP contribution is 2.25. The van der Waals surface area contributed by atoms with Gasteiger partial charge < -0.3 is 37.0 Å². The van der Waals surface area contributed by atoms with E-state index >= 15 is 0 Å². The van der Waals surface area contributed by atoms with Crippen molar-refractivity contribution in [2.24, 2.45) is 11.5 Å². The molecular weight excluding hydrogens is 356 g/mol. The van der Waals surface area contributed by atoms with Crippen LogP contribution in [0.15, 0.2) is 42.5 Å². The molecule has 0 aliphatic carbocycles. The Hall–Kier alpha value is -3.30. The van der Waals surface area contributed by atoms with Gasteiger partial charge in [-0.15, -0.1) is 0 Å². The van der Waals surface area contributed by atoms with Crippen LogP contribution in [0.5, 0.6) is 17.2 Å². The maximum atomic E-state index is 10.4. The van der Waals surface area contributed by atoms with Gasteiger partial charge in [-0.1, -0.05) is 18.2 Å². The summed E-state index contributed by atoms with van der Waals surface area (Å²) in [6.45, 7) is 0. The normalized spacial score (nSPS) is 12.4. The van der Waals surface area contributed by atoms with Crippen LogP contribution in [-0.4, -0.2) is 49.6 Å². The average Bonchev–Trinajstić information content (AvgIpc) is 2.60. The molecule has 0 aliphatic heterocycles. The highest BCUT2D eigenvalue weighted by Gasteiger charge is 2.13. The minimum atomic E-state index is -1.10. The Bertz CT molecular complexity index is 778. The predicted molar refractivity (Wildman–Crippen MR) is 96.5 cm³/mol. The second-order valence-corrected chi connectivity index (χ2v) is 5.79. The molecule has 2 aromatic rings. The van der Waals surface area contributed by atoms with Crippen molar-refractivity contribution >= 4 is 11.9 Å². The molecule has 9 nitrogen and oxygen atoms in total. The third kappa shape index (κ3) is 7.63. The maximum Gasteiger partial charge on any atom is 0.320 e. The number of rotatable bonds is 6. The highest BCUT2D eigenvalue weighted by atomic mass is 16.4. The standard InChI is InChI=1S/C9H11NO4.C9H11NO3/c10-6(9(13)14)3-5-1-2-7(11)8(12)4-5;10-8(9(12)13)5-6-1-3-7(11)4-2-6/h1-2,4,6,11-12H,3,10H2,(H,13,14);1-4,8,11H,5,10H2,(H,12,13)/t6-;8-/m00/s1. The van der Waals surface area contributed by atoms with Crippen molar-refractivity contribution in [1.29, 1.82) is 0 Å². The highest BCUT2D eigenvalue weighted by molar-refractivity contribution is 5.74. The molecule has 2 atom stereocenters. The van der Waals surface area contributed by atoms with Crippen molar-refractivity contribution in [2.75, 3.05) is 0 Å². The van der Waals surface area contributed by atoms with Crippen LogP contribution in [0.2, 0.25) is 0 Å². The Labute approximate surface area is 155 Å². The number of nitrogens with two attached hydrogens (primary N) is 2. The van der Waals surface area contributed by atoms with E-state index in [0.29, 0.717) is 5.56 Å². The summed E-state index contributed by atoms with van der Waals surface area (Å²) < 4.78 is 0. The summed E-state index contributed by atoms with van der Waals surface area (Å²) in [5, 5.41) is 44.1. The number of carboxylic acids is 2. The van der Waals surface area contributed by atoms with Crippen LogP contribution in [0, 0.1) is 0 Å². The van der Waals surface area contributed by atoms with Gasteiger partial charge in [0.15, 0.2) is 11.5 Å². The number of carbonyl (C=O) groups is 2. The molecule has 0 radical (unpaired) electrons. The minimum absolute atomic E-state index is 0.114. The van der Waals surface area contributed by atoms with Crippen molar-refractivity contribution in [3.63, 3.8) is 0 Å². The van der Waals surface area contributed by atoms with E-state index in [1.807, 2.05) is 0 Å². The van der Waals surface area contributed by atoms with E-state index in [-0.39, 0.29) is 30.1 Å². The quantitative estimate of drug-likeness (QED) is 0.349. The summed E-state index contributed by atoms with van der Waals surface area (Å²) in [5.74, 6) is -2.48. The van der Waals surface area contributed by atoms with Crippen LogP contribution in [0.1, 0.15) is 11.1 Å². The summed E-state index contributed by atoms with van der Waals surface area (Å²) >= 11 is 0. The third-order valence-electron chi connectivity index (χ3n) is 3.52. The van der Waals surface area contributed by atoms with Crippen LogP contribution >= 0.6 is 0 Å². The SMILES string of the molecule is N[C@@H](Cc1ccc(O)c(O)c1)C(=O)O.N[C@@H](Cc1ccc(O)cc1)C(=O)O. The molecule has 0 heterocycles. The third-order valence-corrected chi connectivity index (χ3v) is 3.52. The predicted octanol–water partition coefficient (Wildman–Crippen LogP) is 0.399. The summed E-state index contributed by atoms with van der Waals surface area (Å²) in [6, 6.07) is 8.52. The van der Waals surface area contributed by atoms with Crippen LogP contribution in [0.4, 0.5) is 0 Å². The fraction of sp³-hybridized carbons (Fsp3) is 0.222. The molecule has 0 amide bonds.